The van der Waals surface area contributed by atoms with Crippen LogP contribution in [0.25, 0.3) is 11.2 Å². The van der Waals surface area contributed by atoms with Gasteiger partial charge in [0.1, 0.15) is 23.9 Å². The van der Waals surface area contributed by atoms with Crippen LogP contribution in [0.3, 0.4) is 0 Å². The highest BCUT2D eigenvalue weighted by atomic mass is 16.5. The number of aromatic amines is 1. The van der Waals surface area contributed by atoms with Gasteiger partial charge in [0.25, 0.3) is 5.56 Å². The number of aryl methyl sites for hydroxylation is 2. The molecule has 0 spiro atoms. The monoisotopic (exact) mass is 430 g/mol. The number of methoxy groups -OCH3 is 2. The summed E-state index contributed by atoms with van der Waals surface area (Å²) in [5.74, 6) is 0.698. The fourth-order valence-electron chi connectivity index (χ4n) is 3.33. The van der Waals surface area contributed by atoms with Crippen molar-refractivity contribution in [1.82, 2.24) is 19.1 Å². The fourth-order valence-corrected chi connectivity index (χ4v) is 3.33. The number of carbonyl (C=O) groups excluding carboxylic acids is 1. The normalized spacial score (nSPS) is 11.0. The van der Waals surface area contributed by atoms with Crippen molar-refractivity contribution < 1.29 is 19.0 Å². The Morgan fingerprint density at radius 2 is 1.74 bits per heavy atom. The zero-order valence-corrected chi connectivity index (χ0v) is 18.1. The van der Waals surface area contributed by atoms with Gasteiger partial charge >= 0.3 is 11.7 Å². The van der Waals surface area contributed by atoms with Crippen LogP contribution in [0.15, 0.2) is 27.8 Å². The van der Waals surface area contributed by atoms with Crippen molar-refractivity contribution in [3.63, 3.8) is 0 Å². The first-order chi connectivity index (χ1) is 14.9. The number of H-pyrrole nitrogens is 1. The Labute approximate surface area is 178 Å². The molecule has 2 heterocycles. The number of nitrogens with zero attached hydrogens (tertiary/aromatic N) is 3. The van der Waals surface area contributed by atoms with Crippen molar-refractivity contribution in [3.8, 4) is 11.5 Å². The minimum absolute atomic E-state index is 0.164. The Hall–Kier alpha value is -3.56. The Balaban J connectivity index is 1.95. The molecule has 3 aromatic rings. The molecule has 0 aliphatic heterocycles. The molecule has 0 aliphatic carbocycles. The first-order valence-electron chi connectivity index (χ1n) is 10.1. The van der Waals surface area contributed by atoms with E-state index in [1.54, 1.807) is 22.8 Å². The highest BCUT2D eigenvalue weighted by Gasteiger charge is 2.19. The van der Waals surface area contributed by atoms with Crippen LogP contribution in [0.2, 0.25) is 0 Å². The number of benzene rings is 1. The van der Waals surface area contributed by atoms with Gasteiger partial charge in [-0.1, -0.05) is 13.3 Å². The van der Waals surface area contributed by atoms with Gasteiger partial charge < -0.3 is 18.8 Å². The number of imidazole rings is 1. The average molecular weight is 430 g/mol. The maximum absolute atomic E-state index is 12.6. The number of rotatable bonds is 9. The fraction of sp³-hybridized carbons (Fsp3) is 0.429. The van der Waals surface area contributed by atoms with Gasteiger partial charge in [-0.15, -0.1) is 0 Å². The minimum Gasteiger partial charge on any atom is -0.497 e. The Morgan fingerprint density at radius 1 is 1.06 bits per heavy atom. The van der Waals surface area contributed by atoms with E-state index < -0.39 is 17.2 Å². The standard InChI is InChI=1S/C21H26N4O6/c1-5-7-8-25-18-17(19(26)23-21(25)28)24(6-2)16(22-18)12-31-20(27)13-9-14(29-3)11-15(10-13)30-4/h9-11H,5-8,12H2,1-4H3,(H,23,26,28). The summed E-state index contributed by atoms with van der Waals surface area (Å²) in [4.78, 5) is 44.2. The summed E-state index contributed by atoms with van der Waals surface area (Å²) in [6.07, 6.45) is 1.65. The van der Waals surface area contributed by atoms with E-state index in [-0.39, 0.29) is 23.3 Å². The van der Waals surface area contributed by atoms with E-state index >= 15 is 0 Å². The quantitative estimate of drug-likeness (QED) is 0.517. The van der Waals surface area contributed by atoms with Crippen LogP contribution in [0, 0.1) is 0 Å². The number of unbranched alkanes of at least 4 members (excludes halogenated alkanes) is 1. The van der Waals surface area contributed by atoms with E-state index in [2.05, 4.69) is 9.97 Å². The second kappa shape index (κ2) is 9.50. The number of esters is 1. The van der Waals surface area contributed by atoms with E-state index in [4.69, 9.17) is 14.2 Å². The molecule has 0 radical (unpaired) electrons. The zero-order valence-electron chi connectivity index (χ0n) is 18.1. The van der Waals surface area contributed by atoms with Crippen molar-refractivity contribution in [2.24, 2.45) is 0 Å². The summed E-state index contributed by atoms with van der Waals surface area (Å²) < 4.78 is 18.9. The van der Waals surface area contributed by atoms with Crippen molar-refractivity contribution in [2.45, 2.75) is 46.4 Å². The molecule has 0 fully saturated rings. The average Bonchev–Trinajstić information content (AvgIpc) is 3.15. The molecule has 0 saturated heterocycles. The number of aromatic nitrogens is 4. The lowest BCUT2D eigenvalue weighted by atomic mass is 10.2. The topological polar surface area (TPSA) is 117 Å². The van der Waals surface area contributed by atoms with Gasteiger partial charge in [-0.05, 0) is 25.5 Å². The van der Waals surface area contributed by atoms with Gasteiger partial charge in [0.05, 0.1) is 19.8 Å². The predicted octanol–water partition coefficient (Wildman–Crippen LogP) is 2.08. The second-order valence-corrected chi connectivity index (χ2v) is 6.89. The molecule has 1 N–H and O–H groups in total. The van der Waals surface area contributed by atoms with Crippen LogP contribution < -0.4 is 20.7 Å². The molecule has 0 aliphatic rings. The first kappa shape index (κ1) is 22.1. The summed E-state index contributed by atoms with van der Waals surface area (Å²) in [6.45, 7) is 4.55. The Kier molecular flexibility index (Phi) is 6.78. The summed E-state index contributed by atoms with van der Waals surface area (Å²) in [5, 5.41) is 0. The Morgan fingerprint density at radius 3 is 2.32 bits per heavy atom. The highest BCUT2D eigenvalue weighted by molar-refractivity contribution is 5.90. The molecule has 10 heteroatoms. The second-order valence-electron chi connectivity index (χ2n) is 6.89. The number of hydrogen-bond donors (Lipinski definition) is 1. The van der Waals surface area contributed by atoms with Crippen LogP contribution in [0.4, 0.5) is 0 Å². The molecular formula is C21H26N4O6. The summed E-state index contributed by atoms with van der Waals surface area (Å²) in [6, 6.07) is 4.73. The minimum atomic E-state index is -0.593. The summed E-state index contributed by atoms with van der Waals surface area (Å²) >= 11 is 0. The maximum Gasteiger partial charge on any atom is 0.338 e. The maximum atomic E-state index is 12.6. The molecule has 0 saturated carbocycles. The van der Waals surface area contributed by atoms with Crippen LogP contribution in [-0.2, 0) is 24.4 Å². The Bertz CT molecular complexity index is 1180. The molecule has 166 valence electrons. The summed E-state index contributed by atoms with van der Waals surface area (Å²) in [5.41, 5.74) is -0.186. The van der Waals surface area contributed by atoms with Crippen LogP contribution in [0.5, 0.6) is 11.5 Å². The third-order valence-corrected chi connectivity index (χ3v) is 4.94. The van der Waals surface area contributed by atoms with Gasteiger partial charge in [-0.3, -0.25) is 14.3 Å². The van der Waals surface area contributed by atoms with Crippen LogP contribution in [0.1, 0.15) is 42.9 Å². The third kappa shape index (κ3) is 4.47. The molecule has 0 bridgehead atoms. The van der Waals surface area contributed by atoms with Gasteiger partial charge in [0, 0.05) is 19.2 Å². The molecule has 2 aromatic heterocycles. The number of carbonyl (C=O) groups is 1. The number of nitrogens with one attached hydrogen (secondary N) is 1. The zero-order chi connectivity index (χ0) is 22.5. The lowest BCUT2D eigenvalue weighted by Crippen LogP contribution is -2.31. The van der Waals surface area contributed by atoms with Crippen LogP contribution >= 0.6 is 0 Å². The molecule has 0 amide bonds. The van der Waals surface area contributed by atoms with Gasteiger partial charge in [-0.2, -0.15) is 0 Å². The number of ether oxygens (including phenoxy) is 3. The molecule has 1 aromatic carbocycles. The van der Waals surface area contributed by atoms with Crippen molar-refractivity contribution >= 4 is 17.1 Å². The van der Waals surface area contributed by atoms with Gasteiger partial charge in [0.2, 0.25) is 0 Å². The molecule has 3 rings (SSSR count). The lowest BCUT2D eigenvalue weighted by molar-refractivity contribution is 0.0458. The SMILES string of the molecule is CCCCn1c(=O)[nH]c(=O)c2c1nc(COC(=O)c1cc(OC)cc(OC)c1)n2CC. The first-order valence-corrected chi connectivity index (χ1v) is 10.1. The van der Waals surface area contributed by atoms with E-state index in [1.165, 1.54) is 18.8 Å². The van der Waals surface area contributed by atoms with E-state index in [1.807, 2.05) is 13.8 Å². The molecule has 31 heavy (non-hydrogen) atoms. The predicted molar refractivity (Wildman–Crippen MR) is 114 cm³/mol. The lowest BCUT2D eigenvalue weighted by Gasteiger charge is -2.09. The van der Waals surface area contributed by atoms with Crippen molar-refractivity contribution in [3.05, 3.63) is 50.4 Å². The smallest absolute Gasteiger partial charge is 0.338 e. The van der Waals surface area contributed by atoms with Crippen molar-refractivity contribution in [1.29, 1.82) is 0 Å². The van der Waals surface area contributed by atoms with Crippen molar-refractivity contribution in [2.75, 3.05) is 14.2 Å². The van der Waals surface area contributed by atoms with E-state index in [0.29, 0.717) is 30.4 Å². The number of hydrogen-bond acceptors (Lipinski definition) is 7. The van der Waals surface area contributed by atoms with E-state index in [9.17, 15) is 14.4 Å². The third-order valence-electron chi connectivity index (χ3n) is 4.94. The largest absolute Gasteiger partial charge is 0.497 e. The molecule has 10 nitrogen and oxygen atoms in total. The van der Waals surface area contributed by atoms with Crippen LogP contribution in [-0.4, -0.2) is 39.3 Å². The molecular weight excluding hydrogens is 404 g/mol. The molecule has 0 unspecified atom stereocenters. The number of fused-ring (bicyclic) bond motifs is 1. The van der Waals surface area contributed by atoms with Gasteiger partial charge in [-0.25, -0.2) is 14.6 Å². The summed E-state index contributed by atoms with van der Waals surface area (Å²) in [7, 11) is 2.98. The van der Waals surface area contributed by atoms with Gasteiger partial charge in [0.15, 0.2) is 11.2 Å². The molecule has 0 atom stereocenters. The highest BCUT2D eigenvalue weighted by Crippen LogP contribution is 2.23. The van der Waals surface area contributed by atoms with E-state index in [0.717, 1.165) is 12.8 Å².